The van der Waals surface area contributed by atoms with Crippen molar-refractivity contribution in [3.8, 4) is 0 Å². The van der Waals surface area contributed by atoms with Crippen molar-refractivity contribution >= 4 is 28.8 Å². The van der Waals surface area contributed by atoms with E-state index < -0.39 is 24.0 Å². The van der Waals surface area contributed by atoms with Crippen LogP contribution in [0.1, 0.15) is 27.2 Å². The number of nitrogens with zero attached hydrogens (tertiary/aromatic N) is 2. The molecule has 1 aliphatic rings. The highest BCUT2D eigenvalue weighted by Crippen LogP contribution is 2.22. The number of likely N-dealkylation sites (tertiary alicyclic amines) is 1. The zero-order valence-corrected chi connectivity index (χ0v) is 18.9. The number of aromatic nitrogens is 1. The van der Waals surface area contributed by atoms with Crippen LogP contribution in [0, 0.1) is 12.8 Å². The number of hydrogen-bond donors (Lipinski definition) is 3. The molecule has 0 saturated carbocycles. The van der Waals surface area contributed by atoms with Gasteiger partial charge in [0.1, 0.15) is 0 Å². The molecule has 1 fully saturated rings. The summed E-state index contributed by atoms with van der Waals surface area (Å²) in [7, 11) is 1.24. The van der Waals surface area contributed by atoms with Crippen LogP contribution < -0.4 is 10.8 Å². The maximum absolute atomic E-state index is 12.8. The average Bonchev–Trinajstić information content (AvgIpc) is 3.27. The van der Waals surface area contributed by atoms with E-state index >= 15 is 0 Å². The molecule has 1 saturated heterocycles. The second kappa shape index (κ2) is 9.88. The van der Waals surface area contributed by atoms with Gasteiger partial charge in [-0.25, -0.2) is 10.3 Å². The summed E-state index contributed by atoms with van der Waals surface area (Å²) in [6, 6.07) is 16.7. The van der Waals surface area contributed by atoms with Gasteiger partial charge in [0, 0.05) is 29.7 Å². The fourth-order valence-corrected chi connectivity index (χ4v) is 4.36. The van der Waals surface area contributed by atoms with E-state index in [1.807, 2.05) is 37.3 Å². The van der Waals surface area contributed by atoms with Crippen LogP contribution in [0.5, 0.6) is 0 Å². The number of aryl methyl sites for hydroxylation is 1. The maximum Gasteiger partial charge on any atom is 0.409 e. The van der Waals surface area contributed by atoms with Gasteiger partial charge in [-0.15, -0.1) is 0 Å². The van der Waals surface area contributed by atoms with Crippen molar-refractivity contribution < 1.29 is 24.3 Å². The third-order valence-electron chi connectivity index (χ3n) is 6.06. The normalized spacial score (nSPS) is 17.4. The standard InChI is InChI=1S/C25H26N4O5/c1-15-11-18(19-5-3-4-6-21(19)26-15)12-16-7-9-17(10-8-16)23(30)27-22-14-29(25(32)34-2)13-20(22)24(31)28-33/h3-11,20,22,33H,12-14H2,1-2H3,(H,27,30)(H,28,31)/t20-,22+/m0/s1. The van der Waals surface area contributed by atoms with Gasteiger partial charge in [0.15, 0.2) is 0 Å². The second-order valence-electron chi connectivity index (χ2n) is 8.35. The number of ether oxygens (including phenoxy) is 1. The topological polar surface area (TPSA) is 121 Å². The Morgan fingerprint density at radius 3 is 2.56 bits per heavy atom. The van der Waals surface area contributed by atoms with Gasteiger partial charge in [-0.1, -0.05) is 30.3 Å². The summed E-state index contributed by atoms with van der Waals surface area (Å²) in [6.45, 7) is 2.10. The van der Waals surface area contributed by atoms with Gasteiger partial charge in [-0.2, -0.15) is 0 Å². The molecular weight excluding hydrogens is 436 g/mol. The van der Waals surface area contributed by atoms with Gasteiger partial charge >= 0.3 is 6.09 Å². The monoisotopic (exact) mass is 462 g/mol. The predicted molar refractivity (Wildman–Crippen MR) is 124 cm³/mol. The number of amides is 3. The van der Waals surface area contributed by atoms with Gasteiger partial charge < -0.3 is 15.0 Å². The van der Waals surface area contributed by atoms with Crippen molar-refractivity contribution in [2.75, 3.05) is 20.2 Å². The summed E-state index contributed by atoms with van der Waals surface area (Å²) in [5, 5.41) is 12.9. The number of methoxy groups -OCH3 is 1. The van der Waals surface area contributed by atoms with Crippen LogP contribution >= 0.6 is 0 Å². The molecule has 9 nitrogen and oxygen atoms in total. The van der Waals surface area contributed by atoms with E-state index in [1.165, 1.54) is 12.0 Å². The molecular formula is C25H26N4O5. The number of fused-ring (bicyclic) bond motifs is 1. The molecule has 0 bridgehead atoms. The van der Waals surface area contributed by atoms with Gasteiger partial charge in [0.25, 0.3) is 5.91 Å². The van der Waals surface area contributed by atoms with Crippen LogP contribution in [0.4, 0.5) is 4.79 Å². The zero-order valence-electron chi connectivity index (χ0n) is 18.9. The molecule has 3 N–H and O–H groups in total. The number of pyridine rings is 1. The third-order valence-corrected chi connectivity index (χ3v) is 6.06. The lowest BCUT2D eigenvalue weighted by atomic mass is 9.99. The fraction of sp³-hybridized carbons (Fsp3) is 0.280. The Kier molecular flexibility index (Phi) is 6.74. The maximum atomic E-state index is 12.8. The first-order valence-electron chi connectivity index (χ1n) is 10.9. The van der Waals surface area contributed by atoms with Crippen molar-refractivity contribution in [2.24, 2.45) is 5.92 Å². The predicted octanol–water partition coefficient (Wildman–Crippen LogP) is 2.44. The number of carbonyl (C=O) groups is 3. The quantitative estimate of drug-likeness (QED) is 0.396. The SMILES string of the molecule is COC(=O)N1C[C@H](C(=O)NO)[C@H](NC(=O)c2ccc(Cc3cc(C)nc4ccccc34)cc2)C1. The first-order valence-corrected chi connectivity index (χ1v) is 10.9. The van der Waals surface area contributed by atoms with E-state index in [0.29, 0.717) is 12.0 Å². The summed E-state index contributed by atoms with van der Waals surface area (Å²) >= 11 is 0. The molecule has 4 rings (SSSR count). The lowest BCUT2D eigenvalue weighted by molar-refractivity contribution is -0.133. The van der Waals surface area contributed by atoms with Crippen LogP contribution in [0.15, 0.2) is 54.6 Å². The Bertz CT molecular complexity index is 1230. The molecule has 0 unspecified atom stereocenters. The molecule has 2 atom stereocenters. The van der Waals surface area contributed by atoms with Crippen molar-refractivity contribution in [1.29, 1.82) is 0 Å². The minimum Gasteiger partial charge on any atom is -0.453 e. The molecule has 0 spiro atoms. The summed E-state index contributed by atoms with van der Waals surface area (Å²) in [5.41, 5.74) is 6.13. The largest absolute Gasteiger partial charge is 0.453 e. The average molecular weight is 463 g/mol. The van der Waals surface area contributed by atoms with E-state index in [2.05, 4.69) is 22.4 Å². The van der Waals surface area contributed by atoms with Crippen LogP contribution in [0.2, 0.25) is 0 Å². The number of rotatable bonds is 5. The van der Waals surface area contributed by atoms with Gasteiger partial charge in [0.2, 0.25) is 5.91 Å². The minimum absolute atomic E-state index is 0.0300. The van der Waals surface area contributed by atoms with E-state index in [4.69, 9.17) is 9.94 Å². The molecule has 0 aliphatic carbocycles. The lowest BCUT2D eigenvalue weighted by Gasteiger charge is -2.18. The summed E-state index contributed by atoms with van der Waals surface area (Å²) in [5.74, 6) is -1.84. The molecule has 176 valence electrons. The van der Waals surface area contributed by atoms with Crippen molar-refractivity contribution in [2.45, 2.75) is 19.4 Å². The van der Waals surface area contributed by atoms with Crippen molar-refractivity contribution in [3.05, 3.63) is 77.0 Å². The van der Waals surface area contributed by atoms with E-state index in [9.17, 15) is 14.4 Å². The molecule has 9 heteroatoms. The first-order chi connectivity index (χ1) is 16.4. The van der Waals surface area contributed by atoms with Gasteiger partial charge in [-0.3, -0.25) is 19.8 Å². The van der Waals surface area contributed by atoms with Gasteiger partial charge in [-0.05, 0) is 48.7 Å². The zero-order chi connectivity index (χ0) is 24.2. The van der Waals surface area contributed by atoms with Crippen molar-refractivity contribution in [3.63, 3.8) is 0 Å². The number of benzene rings is 2. The molecule has 3 aromatic rings. The van der Waals surface area contributed by atoms with Crippen LogP contribution in [-0.2, 0) is 16.0 Å². The molecule has 3 amide bonds. The van der Waals surface area contributed by atoms with Crippen LogP contribution in [0.25, 0.3) is 10.9 Å². The smallest absolute Gasteiger partial charge is 0.409 e. The fourth-order valence-electron chi connectivity index (χ4n) is 4.36. The molecule has 1 aliphatic heterocycles. The lowest BCUT2D eigenvalue weighted by Crippen LogP contribution is -2.45. The summed E-state index contributed by atoms with van der Waals surface area (Å²) in [6.07, 6.45) is 0.0945. The Morgan fingerprint density at radius 1 is 1.12 bits per heavy atom. The van der Waals surface area contributed by atoms with E-state index in [-0.39, 0.29) is 19.0 Å². The molecule has 34 heavy (non-hydrogen) atoms. The highest BCUT2D eigenvalue weighted by molar-refractivity contribution is 5.95. The van der Waals surface area contributed by atoms with E-state index in [1.54, 1.807) is 17.6 Å². The van der Waals surface area contributed by atoms with Gasteiger partial charge in [0.05, 0.1) is 24.6 Å². The Balaban J connectivity index is 1.47. The highest BCUT2D eigenvalue weighted by atomic mass is 16.5. The Hall–Kier alpha value is -3.98. The Labute approximate surface area is 196 Å². The third kappa shape index (κ3) is 4.84. The number of para-hydroxylation sites is 1. The van der Waals surface area contributed by atoms with E-state index in [0.717, 1.165) is 27.7 Å². The minimum atomic E-state index is -0.796. The summed E-state index contributed by atoms with van der Waals surface area (Å²) in [4.78, 5) is 42.6. The second-order valence-corrected chi connectivity index (χ2v) is 8.35. The number of hydroxylamine groups is 1. The number of hydrogen-bond acceptors (Lipinski definition) is 6. The Morgan fingerprint density at radius 2 is 1.85 bits per heavy atom. The molecule has 2 heterocycles. The number of nitrogens with one attached hydrogen (secondary N) is 2. The number of carbonyl (C=O) groups excluding carboxylic acids is 3. The first kappa shape index (κ1) is 23.2. The van der Waals surface area contributed by atoms with Crippen molar-refractivity contribution in [1.82, 2.24) is 20.7 Å². The molecule has 2 aromatic carbocycles. The molecule has 0 radical (unpaired) electrons. The highest BCUT2D eigenvalue weighted by Gasteiger charge is 2.41. The molecule has 1 aromatic heterocycles. The summed E-state index contributed by atoms with van der Waals surface area (Å²) < 4.78 is 4.71. The van der Waals surface area contributed by atoms with Crippen LogP contribution in [-0.4, -0.2) is 59.2 Å². The van der Waals surface area contributed by atoms with Crippen LogP contribution in [0.3, 0.4) is 0 Å².